The zero-order valence-corrected chi connectivity index (χ0v) is 12.3. The number of amides is 1. The molecule has 6 nitrogen and oxygen atoms in total. The Bertz CT molecular complexity index is 456. The van der Waals surface area contributed by atoms with Gasteiger partial charge in [-0.25, -0.2) is 4.98 Å². The van der Waals surface area contributed by atoms with Crippen molar-refractivity contribution in [2.24, 2.45) is 0 Å². The molecule has 1 aliphatic heterocycles. The molecule has 2 heterocycles. The lowest BCUT2D eigenvalue weighted by molar-refractivity contribution is -0.0587. The zero-order chi connectivity index (χ0) is 14.5. The molecule has 1 saturated heterocycles. The highest BCUT2D eigenvalue weighted by Gasteiger charge is 2.27. The van der Waals surface area contributed by atoms with E-state index in [-0.39, 0.29) is 18.1 Å². The predicted molar refractivity (Wildman–Crippen MR) is 76.7 cm³/mol. The van der Waals surface area contributed by atoms with Gasteiger partial charge in [0.25, 0.3) is 5.91 Å². The number of aromatic nitrogens is 2. The van der Waals surface area contributed by atoms with Gasteiger partial charge in [-0.1, -0.05) is 6.92 Å². The summed E-state index contributed by atoms with van der Waals surface area (Å²) in [6.07, 6.45) is 4.26. The first-order valence-electron chi connectivity index (χ1n) is 7.10. The van der Waals surface area contributed by atoms with Crippen molar-refractivity contribution >= 4 is 11.7 Å². The number of carbonyl (C=O) groups excluding carboxylic acids is 1. The van der Waals surface area contributed by atoms with E-state index in [1.807, 2.05) is 13.8 Å². The minimum absolute atomic E-state index is 0.0528. The quantitative estimate of drug-likeness (QED) is 0.905. The Balaban J connectivity index is 2.08. The molecule has 0 radical (unpaired) electrons. The highest BCUT2D eigenvalue weighted by Crippen LogP contribution is 2.14. The van der Waals surface area contributed by atoms with E-state index in [4.69, 9.17) is 4.74 Å². The monoisotopic (exact) mass is 278 g/mol. The van der Waals surface area contributed by atoms with Gasteiger partial charge < -0.3 is 15.0 Å². The maximum absolute atomic E-state index is 12.5. The lowest BCUT2D eigenvalue weighted by Gasteiger charge is -2.35. The average Bonchev–Trinajstić information content (AvgIpc) is 2.43. The molecule has 110 valence electrons. The fourth-order valence-corrected chi connectivity index (χ4v) is 2.31. The highest BCUT2D eigenvalue weighted by atomic mass is 16.5. The summed E-state index contributed by atoms with van der Waals surface area (Å²) in [5.41, 5.74) is 0.382. The van der Waals surface area contributed by atoms with Crippen LogP contribution in [0.15, 0.2) is 12.4 Å². The Labute approximate surface area is 119 Å². The van der Waals surface area contributed by atoms with E-state index >= 15 is 0 Å². The normalized spacial score (nSPS) is 22.6. The molecule has 0 bridgehead atoms. The minimum Gasteiger partial charge on any atom is -0.372 e. The largest absolute Gasteiger partial charge is 0.372 e. The second kappa shape index (κ2) is 6.65. The van der Waals surface area contributed by atoms with Crippen molar-refractivity contribution in [1.29, 1.82) is 0 Å². The van der Waals surface area contributed by atoms with Gasteiger partial charge in [0, 0.05) is 19.6 Å². The number of nitrogens with zero attached hydrogens (tertiary/aromatic N) is 3. The van der Waals surface area contributed by atoms with Crippen molar-refractivity contribution in [3.05, 3.63) is 18.1 Å². The zero-order valence-electron chi connectivity index (χ0n) is 12.3. The predicted octanol–water partition coefficient (Wildman–Crippen LogP) is 1.55. The third-order valence-electron chi connectivity index (χ3n) is 3.12. The lowest BCUT2D eigenvalue weighted by Crippen LogP contribution is -2.48. The molecule has 1 aliphatic rings. The van der Waals surface area contributed by atoms with E-state index in [9.17, 15) is 4.79 Å². The highest BCUT2D eigenvalue weighted by molar-refractivity contribution is 5.92. The van der Waals surface area contributed by atoms with Gasteiger partial charge in [-0.2, -0.15) is 0 Å². The number of morpholine rings is 1. The van der Waals surface area contributed by atoms with Crippen molar-refractivity contribution in [2.75, 3.05) is 25.0 Å². The second-order valence-corrected chi connectivity index (χ2v) is 5.18. The van der Waals surface area contributed by atoms with Gasteiger partial charge in [0.2, 0.25) is 0 Å². The fourth-order valence-electron chi connectivity index (χ4n) is 2.31. The smallest absolute Gasteiger partial charge is 0.274 e. The maximum Gasteiger partial charge on any atom is 0.274 e. The van der Waals surface area contributed by atoms with E-state index < -0.39 is 0 Å². The van der Waals surface area contributed by atoms with Crippen LogP contribution in [-0.4, -0.2) is 52.6 Å². The molecule has 1 aromatic rings. The van der Waals surface area contributed by atoms with Crippen LogP contribution >= 0.6 is 0 Å². The summed E-state index contributed by atoms with van der Waals surface area (Å²) in [4.78, 5) is 22.7. The van der Waals surface area contributed by atoms with Crippen molar-refractivity contribution in [3.8, 4) is 0 Å². The van der Waals surface area contributed by atoms with Crippen molar-refractivity contribution in [3.63, 3.8) is 0 Å². The maximum atomic E-state index is 12.5. The van der Waals surface area contributed by atoms with Gasteiger partial charge in [0.1, 0.15) is 11.5 Å². The number of anilines is 1. The van der Waals surface area contributed by atoms with Crippen LogP contribution in [0.4, 0.5) is 5.82 Å². The molecule has 1 fully saturated rings. The van der Waals surface area contributed by atoms with Crippen LogP contribution in [0.2, 0.25) is 0 Å². The third-order valence-corrected chi connectivity index (χ3v) is 3.12. The van der Waals surface area contributed by atoms with E-state index in [0.717, 1.165) is 13.0 Å². The summed E-state index contributed by atoms with van der Waals surface area (Å²) >= 11 is 0. The van der Waals surface area contributed by atoms with Crippen LogP contribution < -0.4 is 5.32 Å². The van der Waals surface area contributed by atoms with E-state index in [0.29, 0.717) is 24.6 Å². The van der Waals surface area contributed by atoms with Gasteiger partial charge in [-0.15, -0.1) is 0 Å². The molecule has 2 atom stereocenters. The molecule has 0 aromatic carbocycles. The second-order valence-electron chi connectivity index (χ2n) is 5.18. The standard InChI is InChI=1S/C14H22N4O2/c1-4-5-16-13-7-15-6-12(17-13)14(19)18-8-10(2)20-11(3)9-18/h6-7,10-11H,4-5,8-9H2,1-3H3,(H,16,17)/t10-,11+. The van der Waals surface area contributed by atoms with Crippen molar-refractivity contribution in [1.82, 2.24) is 14.9 Å². The van der Waals surface area contributed by atoms with Crippen molar-refractivity contribution < 1.29 is 9.53 Å². The summed E-state index contributed by atoms with van der Waals surface area (Å²) < 4.78 is 5.64. The Kier molecular flexibility index (Phi) is 4.89. The first-order chi connectivity index (χ1) is 9.60. The van der Waals surface area contributed by atoms with Crippen molar-refractivity contribution in [2.45, 2.75) is 39.4 Å². The number of nitrogens with one attached hydrogen (secondary N) is 1. The molecular weight excluding hydrogens is 256 g/mol. The fraction of sp³-hybridized carbons (Fsp3) is 0.643. The molecule has 2 rings (SSSR count). The van der Waals surface area contributed by atoms with Gasteiger partial charge in [0.15, 0.2) is 0 Å². The topological polar surface area (TPSA) is 67.4 Å². The molecular formula is C14H22N4O2. The van der Waals surface area contributed by atoms with Crippen LogP contribution in [0.25, 0.3) is 0 Å². The Hall–Kier alpha value is -1.69. The number of carbonyl (C=O) groups is 1. The lowest BCUT2D eigenvalue weighted by atomic mass is 10.2. The summed E-state index contributed by atoms with van der Waals surface area (Å²) in [7, 11) is 0. The van der Waals surface area contributed by atoms with Gasteiger partial charge in [0.05, 0.1) is 24.6 Å². The number of rotatable bonds is 4. The Morgan fingerprint density at radius 3 is 2.75 bits per heavy atom. The molecule has 1 N–H and O–H groups in total. The van der Waals surface area contributed by atoms with Crippen LogP contribution in [0.1, 0.15) is 37.7 Å². The Morgan fingerprint density at radius 2 is 2.10 bits per heavy atom. The first-order valence-corrected chi connectivity index (χ1v) is 7.10. The number of ether oxygens (including phenoxy) is 1. The van der Waals surface area contributed by atoms with Gasteiger partial charge in [-0.3, -0.25) is 9.78 Å². The van der Waals surface area contributed by atoms with E-state index in [2.05, 4.69) is 22.2 Å². The van der Waals surface area contributed by atoms with Crippen LogP contribution in [0.5, 0.6) is 0 Å². The molecule has 6 heteroatoms. The molecule has 0 unspecified atom stereocenters. The molecule has 20 heavy (non-hydrogen) atoms. The SMILES string of the molecule is CCCNc1cncc(C(=O)N2C[C@@H](C)O[C@@H](C)C2)n1. The Morgan fingerprint density at radius 1 is 1.40 bits per heavy atom. The number of hydrogen-bond donors (Lipinski definition) is 1. The molecule has 1 aromatic heterocycles. The molecule has 0 saturated carbocycles. The summed E-state index contributed by atoms with van der Waals surface area (Å²) in [6.45, 7) is 8.03. The summed E-state index contributed by atoms with van der Waals surface area (Å²) in [6, 6.07) is 0. The van der Waals surface area contributed by atoms with E-state index in [1.54, 1.807) is 11.1 Å². The average molecular weight is 278 g/mol. The number of hydrogen-bond acceptors (Lipinski definition) is 5. The van der Waals surface area contributed by atoms with Gasteiger partial charge in [-0.05, 0) is 20.3 Å². The third kappa shape index (κ3) is 3.66. The summed E-state index contributed by atoms with van der Waals surface area (Å²) in [5, 5.41) is 3.14. The van der Waals surface area contributed by atoms with Crippen LogP contribution in [0.3, 0.4) is 0 Å². The van der Waals surface area contributed by atoms with Gasteiger partial charge >= 0.3 is 0 Å². The molecule has 0 spiro atoms. The first kappa shape index (κ1) is 14.7. The summed E-state index contributed by atoms with van der Waals surface area (Å²) in [5.74, 6) is 0.562. The molecule has 1 amide bonds. The van der Waals surface area contributed by atoms with E-state index in [1.165, 1.54) is 6.20 Å². The minimum atomic E-state index is -0.0837. The van der Waals surface area contributed by atoms with Crippen LogP contribution in [-0.2, 0) is 4.74 Å². The van der Waals surface area contributed by atoms with Crippen LogP contribution in [0, 0.1) is 0 Å². The molecule has 0 aliphatic carbocycles.